The van der Waals surface area contributed by atoms with Gasteiger partial charge in [-0.1, -0.05) is 29.8 Å². The van der Waals surface area contributed by atoms with Gasteiger partial charge in [0.15, 0.2) is 11.5 Å². The number of hydrogen-bond acceptors (Lipinski definition) is 5. The number of phenolic OH excluding ortho intramolecular Hbond substituents is 3. The van der Waals surface area contributed by atoms with E-state index in [1.165, 1.54) is 30.3 Å². The summed E-state index contributed by atoms with van der Waals surface area (Å²) in [6, 6.07) is 10.6. The highest BCUT2D eigenvalue weighted by Gasteiger charge is 2.30. The van der Waals surface area contributed by atoms with Crippen molar-refractivity contribution in [3.63, 3.8) is 0 Å². The number of nitrogens with one attached hydrogen (secondary N) is 1. The lowest BCUT2D eigenvalue weighted by Crippen LogP contribution is -2.14. The molecule has 4 N–H and O–H groups in total. The first kappa shape index (κ1) is 23.1. The van der Waals surface area contributed by atoms with Crippen LogP contribution >= 0.6 is 11.6 Å². The summed E-state index contributed by atoms with van der Waals surface area (Å²) in [4.78, 5) is 12.5. The molecule has 0 saturated carbocycles. The molecule has 6 nitrogen and oxygen atoms in total. The molecule has 0 aromatic heterocycles. The maximum Gasteiger partial charge on any atom is 0.416 e. The number of carbonyl (C=O) groups is 1. The third kappa shape index (κ3) is 5.55. The van der Waals surface area contributed by atoms with Crippen molar-refractivity contribution < 1.29 is 38.0 Å². The topological polar surface area (TPSA) is 99.0 Å². The highest BCUT2D eigenvalue weighted by atomic mass is 35.5. The first-order valence-electron chi connectivity index (χ1n) is 9.19. The van der Waals surface area contributed by atoms with Gasteiger partial charge in [-0.2, -0.15) is 13.2 Å². The minimum absolute atomic E-state index is 0.0761. The Kier molecular flexibility index (Phi) is 6.69. The molecule has 0 aliphatic carbocycles. The van der Waals surface area contributed by atoms with Crippen LogP contribution in [-0.4, -0.2) is 27.8 Å². The van der Waals surface area contributed by atoms with E-state index in [1.54, 1.807) is 0 Å². The monoisotopic (exact) mass is 467 g/mol. The Morgan fingerprint density at radius 2 is 1.75 bits per heavy atom. The zero-order valence-corrected chi connectivity index (χ0v) is 17.0. The number of aromatic hydroxyl groups is 3. The molecular formula is C22H17ClF3NO5. The fourth-order valence-corrected chi connectivity index (χ4v) is 3.07. The van der Waals surface area contributed by atoms with Crippen molar-refractivity contribution in [1.82, 2.24) is 0 Å². The number of rotatable bonds is 6. The van der Waals surface area contributed by atoms with Crippen LogP contribution in [-0.2, 0) is 12.6 Å². The number of benzene rings is 3. The van der Waals surface area contributed by atoms with Gasteiger partial charge < -0.3 is 25.4 Å². The number of hydrogen-bond donors (Lipinski definition) is 4. The molecule has 3 aromatic rings. The highest BCUT2D eigenvalue weighted by Crippen LogP contribution is 2.39. The van der Waals surface area contributed by atoms with E-state index in [-0.39, 0.29) is 46.5 Å². The molecule has 0 aliphatic rings. The number of alkyl halides is 3. The molecule has 0 spiro atoms. The van der Waals surface area contributed by atoms with E-state index in [4.69, 9.17) is 16.3 Å². The minimum Gasteiger partial charge on any atom is -0.508 e. The van der Waals surface area contributed by atoms with E-state index in [0.29, 0.717) is 5.56 Å². The SMILES string of the molecule is O=C(Nc1cc(O)cc(O)c1OCCc1cccc(C(F)(F)F)c1)c1cc(Cl)ccc1O. The van der Waals surface area contributed by atoms with Crippen molar-refractivity contribution >= 4 is 23.2 Å². The van der Waals surface area contributed by atoms with Crippen molar-refractivity contribution in [2.24, 2.45) is 0 Å². The predicted molar refractivity (Wildman–Crippen MR) is 111 cm³/mol. The summed E-state index contributed by atoms with van der Waals surface area (Å²) < 4.78 is 44.1. The van der Waals surface area contributed by atoms with Crippen LogP contribution < -0.4 is 10.1 Å². The van der Waals surface area contributed by atoms with Crippen LogP contribution in [0.3, 0.4) is 0 Å². The van der Waals surface area contributed by atoms with Gasteiger partial charge in [0, 0.05) is 23.6 Å². The van der Waals surface area contributed by atoms with E-state index in [9.17, 15) is 33.3 Å². The molecule has 3 aromatic carbocycles. The molecule has 0 bridgehead atoms. The maximum absolute atomic E-state index is 12.9. The summed E-state index contributed by atoms with van der Waals surface area (Å²) in [5.74, 6) is -2.22. The zero-order valence-electron chi connectivity index (χ0n) is 16.3. The van der Waals surface area contributed by atoms with Gasteiger partial charge in [0.25, 0.3) is 5.91 Å². The Balaban J connectivity index is 1.78. The molecule has 32 heavy (non-hydrogen) atoms. The third-order valence-corrected chi connectivity index (χ3v) is 4.63. The summed E-state index contributed by atoms with van der Waals surface area (Å²) in [7, 11) is 0. The minimum atomic E-state index is -4.48. The molecule has 168 valence electrons. The molecular weight excluding hydrogens is 451 g/mol. The molecule has 0 fully saturated rings. The normalized spacial score (nSPS) is 11.2. The van der Waals surface area contributed by atoms with Crippen molar-refractivity contribution in [2.45, 2.75) is 12.6 Å². The van der Waals surface area contributed by atoms with Crippen molar-refractivity contribution in [3.05, 3.63) is 76.3 Å². The van der Waals surface area contributed by atoms with Crippen LogP contribution in [0.1, 0.15) is 21.5 Å². The average Bonchev–Trinajstić information content (AvgIpc) is 2.71. The Morgan fingerprint density at radius 3 is 2.47 bits per heavy atom. The van der Waals surface area contributed by atoms with Gasteiger partial charge in [-0.05, 0) is 29.8 Å². The maximum atomic E-state index is 12.9. The average molecular weight is 468 g/mol. The van der Waals surface area contributed by atoms with Crippen LogP contribution in [0, 0.1) is 0 Å². The number of anilines is 1. The van der Waals surface area contributed by atoms with E-state index < -0.39 is 23.4 Å². The molecule has 0 heterocycles. The number of amides is 1. The molecule has 1 amide bonds. The fourth-order valence-electron chi connectivity index (χ4n) is 2.90. The van der Waals surface area contributed by atoms with Gasteiger partial charge in [0.2, 0.25) is 0 Å². The van der Waals surface area contributed by atoms with Crippen molar-refractivity contribution in [3.8, 4) is 23.0 Å². The lowest BCUT2D eigenvalue weighted by atomic mass is 10.1. The van der Waals surface area contributed by atoms with Crippen LogP contribution in [0.2, 0.25) is 5.02 Å². The molecule has 0 saturated heterocycles. The predicted octanol–water partition coefficient (Wildman–Crippen LogP) is 5.35. The number of halogens is 4. The summed E-state index contributed by atoms with van der Waals surface area (Å²) in [6.45, 7) is -0.134. The van der Waals surface area contributed by atoms with Gasteiger partial charge in [0.1, 0.15) is 11.5 Å². The Labute approximate surface area is 185 Å². The second-order valence-electron chi connectivity index (χ2n) is 6.75. The van der Waals surface area contributed by atoms with Gasteiger partial charge in [0.05, 0.1) is 23.4 Å². The quantitative estimate of drug-likeness (QED) is 0.392. The fraction of sp³-hybridized carbons (Fsp3) is 0.136. The van der Waals surface area contributed by atoms with E-state index in [2.05, 4.69) is 5.32 Å². The lowest BCUT2D eigenvalue weighted by molar-refractivity contribution is -0.137. The Bertz CT molecular complexity index is 1150. The molecule has 0 atom stereocenters. The standard InChI is InChI=1S/C22H17ClF3NO5/c23-14-4-5-18(29)16(9-14)21(31)27-17-10-15(28)11-19(30)20(17)32-7-6-12-2-1-3-13(8-12)22(24,25)26/h1-5,8-11,28-30H,6-7H2,(H,27,31). The number of phenols is 3. The molecule has 0 radical (unpaired) electrons. The number of carbonyl (C=O) groups excluding carboxylic acids is 1. The molecule has 3 rings (SSSR count). The summed E-state index contributed by atoms with van der Waals surface area (Å²) in [5, 5.41) is 32.4. The van der Waals surface area contributed by atoms with Crippen molar-refractivity contribution in [2.75, 3.05) is 11.9 Å². The Hall–Kier alpha value is -3.59. The number of ether oxygens (including phenoxy) is 1. The van der Waals surface area contributed by atoms with Crippen LogP contribution in [0.4, 0.5) is 18.9 Å². The van der Waals surface area contributed by atoms with Crippen LogP contribution in [0.5, 0.6) is 23.0 Å². The van der Waals surface area contributed by atoms with Crippen LogP contribution in [0.15, 0.2) is 54.6 Å². The zero-order chi connectivity index (χ0) is 23.5. The van der Waals surface area contributed by atoms with Gasteiger partial charge >= 0.3 is 6.18 Å². The van der Waals surface area contributed by atoms with Crippen molar-refractivity contribution in [1.29, 1.82) is 0 Å². The first-order valence-corrected chi connectivity index (χ1v) is 9.57. The second-order valence-corrected chi connectivity index (χ2v) is 7.19. The molecule has 10 heteroatoms. The highest BCUT2D eigenvalue weighted by molar-refractivity contribution is 6.31. The summed E-state index contributed by atoms with van der Waals surface area (Å²) in [6.07, 6.45) is -4.40. The van der Waals surface area contributed by atoms with Gasteiger partial charge in [-0.15, -0.1) is 0 Å². The molecule has 0 aliphatic heterocycles. The largest absolute Gasteiger partial charge is 0.508 e. The van der Waals surface area contributed by atoms with Gasteiger partial charge in [-0.25, -0.2) is 0 Å². The van der Waals surface area contributed by atoms with E-state index >= 15 is 0 Å². The summed E-state index contributed by atoms with van der Waals surface area (Å²) in [5.41, 5.74) is -0.713. The van der Waals surface area contributed by atoms with Gasteiger partial charge in [-0.3, -0.25) is 4.79 Å². The first-order chi connectivity index (χ1) is 15.0. The smallest absolute Gasteiger partial charge is 0.416 e. The van der Waals surface area contributed by atoms with E-state index in [0.717, 1.165) is 24.3 Å². The lowest BCUT2D eigenvalue weighted by Gasteiger charge is -2.15. The second kappa shape index (κ2) is 9.27. The van der Waals surface area contributed by atoms with E-state index in [1.807, 2.05) is 0 Å². The summed E-state index contributed by atoms with van der Waals surface area (Å²) >= 11 is 5.85. The third-order valence-electron chi connectivity index (χ3n) is 4.40. The van der Waals surface area contributed by atoms with Crippen LogP contribution in [0.25, 0.3) is 0 Å². The molecule has 0 unspecified atom stereocenters. The Morgan fingerprint density at radius 1 is 1.00 bits per heavy atom.